The van der Waals surface area contributed by atoms with Crippen LogP contribution in [0, 0.1) is 0 Å². The Morgan fingerprint density at radius 2 is 1.93 bits per heavy atom. The van der Waals surface area contributed by atoms with E-state index in [4.69, 9.17) is 4.42 Å². The molecule has 1 aliphatic rings. The fraction of sp³-hybridized carbons (Fsp3) is 0.389. The molecule has 2 N–H and O–H groups in total. The lowest BCUT2D eigenvalue weighted by Crippen LogP contribution is -2.29. The summed E-state index contributed by atoms with van der Waals surface area (Å²) in [6.45, 7) is 2.52. The van der Waals surface area contributed by atoms with Crippen LogP contribution in [0.15, 0.2) is 44.7 Å². The first-order chi connectivity index (χ1) is 13.9. The highest BCUT2D eigenvalue weighted by molar-refractivity contribution is 7.89. The van der Waals surface area contributed by atoms with Crippen LogP contribution in [0.5, 0.6) is 0 Å². The minimum atomic E-state index is -3.72. The van der Waals surface area contributed by atoms with Gasteiger partial charge in [-0.3, -0.25) is 4.57 Å². The van der Waals surface area contributed by atoms with Gasteiger partial charge >= 0.3 is 5.76 Å². The molecule has 0 amide bonds. The van der Waals surface area contributed by atoms with E-state index in [2.05, 4.69) is 24.9 Å². The molecule has 154 valence electrons. The molecule has 0 radical (unpaired) electrons. The number of hydrogen-bond donors (Lipinski definition) is 2. The third-order valence-electron chi connectivity index (χ3n) is 4.88. The molecule has 0 saturated carbocycles. The van der Waals surface area contributed by atoms with Crippen LogP contribution in [0.25, 0.3) is 11.1 Å². The van der Waals surface area contributed by atoms with Crippen molar-refractivity contribution in [3.63, 3.8) is 0 Å². The van der Waals surface area contributed by atoms with E-state index in [1.807, 2.05) is 6.07 Å². The number of fused-ring (bicyclic) bond motifs is 1. The Bertz CT molecular complexity index is 1180. The second-order valence-corrected chi connectivity index (χ2v) is 8.60. The number of oxazole rings is 1. The summed E-state index contributed by atoms with van der Waals surface area (Å²) in [6, 6.07) is 6.17. The van der Waals surface area contributed by atoms with E-state index in [0.29, 0.717) is 23.5 Å². The molecule has 29 heavy (non-hydrogen) atoms. The highest BCUT2D eigenvalue weighted by Gasteiger charge is 2.17. The largest absolute Gasteiger partial charge is 0.419 e. The van der Waals surface area contributed by atoms with E-state index in [1.165, 1.54) is 36.1 Å². The standard InChI is InChI=1S/C18H22N6O4S/c1-23-14-10-13(4-5-15(14)28-18(23)25)29(26,27)22-7-6-19-16-11-17(21-12-20-16)24-8-2-3-9-24/h4-5,10-12,22H,2-3,6-9H2,1H3,(H,19,20,21). The molecule has 0 unspecified atom stereocenters. The lowest BCUT2D eigenvalue weighted by molar-refractivity contribution is 0.528. The number of benzene rings is 1. The summed E-state index contributed by atoms with van der Waals surface area (Å²) in [5.74, 6) is 0.986. The fourth-order valence-electron chi connectivity index (χ4n) is 3.30. The molecule has 0 spiro atoms. The van der Waals surface area contributed by atoms with E-state index < -0.39 is 15.8 Å². The average Bonchev–Trinajstić information content (AvgIpc) is 3.34. The van der Waals surface area contributed by atoms with Crippen LogP contribution in [-0.4, -0.2) is 49.1 Å². The number of rotatable bonds is 7. The van der Waals surface area contributed by atoms with E-state index in [9.17, 15) is 13.2 Å². The number of anilines is 2. The van der Waals surface area contributed by atoms with Crippen molar-refractivity contribution in [2.24, 2.45) is 7.05 Å². The smallest absolute Gasteiger partial charge is 0.408 e. The van der Waals surface area contributed by atoms with Crippen molar-refractivity contribution in [3.05, 3.63) is 41.1 Å². The first kappa shape index (κ1) is 19.4. The van der Waals surface area contributed by atoms with E-state index in [0.717, 1.165) is 31.7 Å². The zero-order valence-electron chi connectivity index (χ0n) is 16.0. The summed E-state index contributed by atoms with van der Waals surface area (Å²) in [4.78, 5) is 22.3. The quantitative estimate of drug-likeness (QED) is 0.543. The number of hydrogen-bond acceptors (Lipinski definition) is 8. The van der Waals surface area contributed by atoms with Crippen LogP contribution in [0.4, 0.5) is 11.6 Å². The van der Waals surface area contributed by atoms with Gasteiger partial charge in [0.2, 0.25) is 10.0 Å². The Labute approximate surface area is 167 Å². The van der Waals surface area contributed by atoms with E-state index in [1.54, 1.807) is 0 Å². The normalized spacial score (nSPS) is 14.6. The van der Waals surface area contributed by atoms with E-state index in [-0.39, 0.29) is 11.4 Å². The Balaban J connectivity index is 1.37. The molecule has 2 aromatic heterocycles. The van der Waals surface area contributed by atoms with Crippen molar-refractivity contribution in [2.45, 2.75) is 17.7 Å². The van der Waals surface area contributed by atoms with Gasteiger partial charge in [0.15, 0.2) is 5.58 Å². The summed E-state index contributed by atoms with van der Waals surface area (Å²) in [6.07, 6.45) is 3.82. The minimum absolute atomic E-state index is 0.0692. The maximum atomic E-state index is 12.5. The predicted molar refractivity (Wildman–Crippen MR) is 109 cm³/mol. The van der Waals surface area contributed by atoms with Gasteiger partial charge in [-0.2, -0.15) is 0 Å². The topological polar surface area (TPSA) is 122 Å². The molecule has 3 heterocycles. The highest BCUT2D eigenvalue weighted by atomic mass is 32.2. The Morgan fingerprint density at radius 3 is 2.72 bits per heavy atom. The molecular weight excluding hydrogens is 396 g/mol. The van der Waals surface area contributed by atoms with Gasteiger partial charge in [-0.25, -0.2) is 27.9 Å². The van der Waals surface area contributed by atoms with Gasteiger partial charge in [0.1, 0.15) is 18.0 Å². The Hall–Kier alpha value is -2.92. The molecule has 1 fully saturated rings. The minimum Gasteiger partial charge on any atom is -0.408 e. The molecule has 1 aromatic carbocycles. The van der Waals surface area contributed by atoms with Crippen molar-refractivity contribution >= 4 is 32.8 Å². The number of nitrogens with zero attached hydrogens (tertiary/aromatic N) is 4. The lowest BCUT2D eigenvalue weighted by atomic mass is 10.3. The van der Waals surface area contributed by atoms with E-state index >= 15 is 0 Å². The number of sulfonamides is 1. The average molecular weight is 418 g/mol. The van der Waals surface area contributed by atoms with Crippen LogP contribution >= 0.6 is 0 Å². The third kappa shape index (κ3) is 4.10. The molecule has 0 aliphatic carbocycles. The fourth-order valence-corrected chi connectivity index (χ4v) is 4.35. The lowest BCUT2D eigenvalue weighted by Gasteiger charge is -2.16. The van der Waals surface area contributed by atoms with Crippen molar-refractivity contribution in [1.82, 2.24) is 19.3 Å². The maximum absolute atomic E-state index is 12.5. The van der Waals surface area contributed by atoms with Crippen LogP contribution in [0.1, 0.15) is 12.8 Å². The number of nitrogens with one attached hydrogen (secondary N) is 2. The van der Waals surface area contributed by atoms with Gasteiger partial charge in [-0.05, 0) is 31.0 Å². The molecule has 10 nitrogen and oxygen atoms in total. The van der Waals surface area contributed by atoms with Crippen molar-refractivity contribution in [2.75, 3.05) is 36.4 Å². The summed E-state index contributed by atoms with van der Waals surface area (Å²) in [5, 5.41) is 3.11. The molecule has 4 rings (SSSR count). The number of aryl methyl sites for hydroxylation is 1. The van der Waals surface area contributed by atoms with Gasteiger partial charge in [0, 0.05) is 39.3 Å². The molecule has 3 aromatic rings. The summed E-state index contributed by atoms with van der Waals surface area (Å²) in [5.41, 5.74) is 0.766. The van der Waals surface area contributed by atoms with Crippen LogP contribution in [0.3, 0.4) is 0 Å². The Morgan fingerprint density at radius 1 is 1.14 bits per heavy atom. The van der Waals surface area contributed by atoms with Crippen molar-refractivity contribution in [3.8, 4) is 0 Å². The first-order valence-electron chi connectivity index (χ1n) is 9.34. The molecule has 1 saturated heterocycles. The summed E-state index contributed by atoms with van der Waals surface area (Å²) in [7, 11) is -2.20. The van der Waals surface area contributed by atoms with Crippen molar-refractivity contribution in [1.29, 1.82) is 0 Å². The third-order valence-corrected chi connectivity index (χ3v) is 6.34. The summed E-state index contributed by atoms with van der Waals surface area (Å²) < 4.78 is 33.9. The zero-order chi connectivity index (χ0) is 20.4. The highest BCUT2D eigenvalue weighted by Crippen LogP contribution is 2.19. The first-order valence-corrected chi connectivity index (χ1v) is 10.8. The monoisotopic (exact) mass is 418 g/mol. The zero-order valence-corrected chi connectivity index (χ0v) is 16.8. The van der Waals surface area contributed by atoms with Crippen LogP contribution in [-0.2, 0) is 17.1 Å². The predicted octanol–water partition coefficient (Wildman–Crippen LogP) is 0.912. The SMILES string of the molecule is Cn1c(=O)oc2ccc(S(=O)(=O)NCCNc3cc(N4CCCC4)ncn3)cc21. The molecule has 11 heteroatoms. The van der Waals surface area contributed by atoms with Crippen LogP contribution in [0.2, 0.25) is 0 Å². The van der Waals surface area contributed by atoms with Crippen LogP contribution < -0.4 is 20.7 Å². The Kier molecular flexibility index (Phi) is 5.24. The van der Waals surface area contributed by atoms with Gasteiger partial charge in [-0.1, -0.05) is 0 Å². The van der Waals surface area contributed by atoms with Gasteiger partial charge in [0.05, 0.1) is 10.4 Å². The molecule has 0 atom stereocenters. The second kappa shape index (κ2) is 7.84. The number of aromatic nitrogens is 3. The molecule has 0 bridgehead atoms. The van der Waals surface area contributed by atoms with Gasteiger partial charge in [-0.15, -0.1) is 0 Å². The molecular formula is C18H22N6O4S. The second-order valence-electron chi connectivity index (χ2n) is 6.84. The summed E-state index contributed by atoms with van der Waals surface area (Å²) >= 11 is 0. The maximum Gasteiger partial charge on any atom is 0.419 e. The van der Waals surface area contributed by atoms with Gasteiger partial charge < -0.3 is 14.6 Å². The van der Waals surface area contributed by atoms with Gasteiger partial charge in [0.25, 0.3) is 0 Å². The molecule has 1 aliphatic heterocycles. The van der Waals surface area contributed by atoms with Crippen molar-refractivity contribution < 1.29 is 12.8 Å².